The Morgan fingerprint density at radius 2 is 1.66 bits per heavy atom. The largest absolute Gasteiger partial charge is 0.391 e. The van der Waals surface area contributed by atoms with Gasteiger partial charge in [-0.2, -0.15) is 4.37 Å². The number of likely N-dealkylation sites (tertiary alicyclic amines) is 1. The van der Waals surface area contributed by atoms with Crippen LogP contribution in [0.3, 0.4) is 0 Å². The lowest BCUT2D eigenvalue weighted by atomic mass is 9.85. The second-order valence-corrected chi connectivity index (χ2v) is 22.1. The van der Waals surface area contributed by atoms with E-state index in [1.165, 1.54) is 45.3 Å². The average molecular weight is 1070 g/mol. The summed E-state index contributed by atoms with van der Waals surface area (Å²) in [6, 6.07) is 17.8. The number of fused-ring (bicyclic) bond motifs is 2. The number of thiazole rings is 1. The maximum atomic E-state index is 14.6. The SMILES string of the molecule is Cc1ncsc1-c1ccc(CNC(=O)[C@@H]2C[C@@H](O)CN2C(=O)[C@@H](NC(=O)CCCCCCCCCNC(=O)c2cc(NC(=O)c3nsc4ccccc34)c3n2CC(=O)N[C@H]3c2cc(F)ccc2Cl)C(C)(C)C)cc1. The summed E-state index contributed by atoms with van der Waals surface area (Å²) in [7, 11) is 0. The molecule has 0 unspecified atom stereocenters. The first-order chi connectivity index (χ1) is 35.5. The summed E-state index contributed by atoms with van der Waals surface area (Å²) in [6.07, 6.45) is 5.11. The summed E-state index contributed by atoms with van der Waals surface area (Å²) in [5, 5.41) is 26.1. The second-order valence-electron chi connectivity index (χ2n) is 20.0. The van der Waals surface area contributed by atoms with Crippen molar-refractivity contribution in [2.75, 3.05) is 18.4 Å². The number of nitrogens with zero attached hydrogens (tertiary/aromatic N) is 4. The van der Waals surface area contributed by atoms with Crippen LogP contribution in [0.5, 0.6) is 0 Å². The van der Waals surface area contributed by atoms with E-state index < -0.39 is 59.1 Å². The lowest BCUT2D eigenvalue weighted by molar-refractivity contribution is -0.144. The number of aliphatic hydroxyl groups excluding tert-OH is 1. The number of rotatable bonds is 20. The van der Waals surface area contributed by atoms with Gasteiger partial charge >= 0.3 is 0 Å². The summed E-state index contributed by atoms with van der Waals surface area (Å²) >= 11 is 9.29. The molecule has 3 aromatic heterocycles. The van der Waals surface area contributed by atoms with E-state index >= 15 is 0 Å². The topological polar surface area (TPSA) is 217 Å². The predicted molar refractivity (Wildman–Crippen MR) is 284 cm³/mol. The zero-order valence-electron chi connectivity index (χ0n) is 41.8. The minimum Gasteiger partial charge on any atom is -0.391 e. The van der Waals surface area contributed by atoms with E-state index in [1.807, 2.05) is 75.7 Å². The van der Waals surface area contributed by atoms with Crippen LogP contribution in [0, 0.1) is 18.2 Å². The third kappa shape index (κ3) is 12.7. The Bertz CT molecular complexity index is 3040. The van der Waals surface area contributed by atoms with Crippen LogP contribution in [0.25, 0.3) is 20.5 Å². The molecule has 0 bridgehead atoms. The van der Waals surface area contributed by atoms with E-state index in [-0.39, 0.29) is 72.0 Å². The molecule has 20 heteroatoms. The van der Waals surface area contributed by atoms with Crippen LogP contribution in [0.4, 0.5) is 10.1 Å². The molecule has 3 aromatic carbocycles. The Balaban J connectivity index is 0.781. The molecule has 74 heavy (non-hydrogen) atoms. The maximum absolute atomic E-state index is 14.6. The smallest absolute Gasteiger partial charge is 0.276 e. The molecule has 6 N–H and O–H groups in total. The number of aromatic nitrogens is 3. The quantitative estimate of drug-likeness (QED) is 0.0404. The van der Waals surface area contributed by atoms with Crippen molar-refractivity contribution < 1.29 is 38.3 Å². The van der Waals surface area contributed by atoms with Crippen molar-refractivity contribution in [2.24, 2.45) is 5.41 Å². The third-order valence-electron chi connectivity index (χ3n) is 13.4. The van der Waals surface area contributed by atoms with Crippen molar-refractivity contribution >= 4 is 85.7 Å². The normalized spacial score (nSPS) is 16.9. The molecule has 2 aliphatic heterocycles. The number of hydrogen-bond acceptors (Lipinski definition) is 11. The molecule has 6 aromatic rings. The van der Waals surface area contributed by atoms with Crippen molar-refractivity contribution in [1.29, 1.82) is 0 Å². The van der Waals surface area contributed by atoms with Crippen LogP contribution in [0.15, 0.2) is 78.3 Å². The monoisotopic (exact) mass is 1070 g/mol. The number of unbranched alkanes of at least 4 members (excludes halogenated alkanes) is 6. The summed E-state index contributed by atoms with van der Waals surface area (Å²) in [6.45, 7) is 7.93. The molecule has 0 aliphatic carbocycles. The zero-order valence-corrected chi connectivity index (χ0v) is 44.2. The van der Waals surface area contributed by atoms with Crippen LogP contribution in [-0.4, -0.2) is 90.7 Å². The molecule has 1 fully saturated rings. The Hall–Kier alpha value is -6.54. The average Bonchev–Trinajstić information content (AvgIpc) is 4.18. The molecule has 2 aliphatic rings. The summed E-state index contributed by atoms with van der Waals surface area (Å²) in [4.78, 5) is 88.3. The minimum atomic E-state index is -0.978. The number of amides is 6. The molecule has 8 rings (SSSR count). The van der Waals surface area contributed by atoms with Gasteiger partial charge in [0.25, 0.3) is 11.8 Å². The molecule has 4 atom stereocenters. The maximum Gasteiger partial charge on any atom is 0.276 e. The number of nitrogens with one attached hydrogen (secondary N) is 5. The molecular formula is C54H61ClFN9O7S2. The number of benzene rings is 3. The van der Waals surface area contributed by atoms with Crippen molar-refractivity contribution in [1.82, 2.24) is 40.1 Å². The van der Waals surface area contributed by atoms with Crippen molar-refractivity contribution in [3.63, 3.8) is 0 Å². The second kappa shape index (κ2) is 23.8. The van der Waals surface area contributed by atoms with Crippen LogP contribution in [-0.2, 0) is 32.3 Å². The highest BCUT2D eigenvalue weighted by Gasteiger charge is 2.44. The summed E-state index contributed by atoms with van der Waals surface area (Å²) < 4.78 is 21.3. The van der Waals surface area contributed by atoms with Crippen molar-refractivity contribution in [3.05, 3.63) is 123 Å². The standard InChI is InChI=1S/C54H61ClFN9O7S2/c1-31-48(73-30-59-31)33-19-17-32(18-20-33)27-58-51(70)40-25-35(66)28-65(40)53(72)49(54(2,3)4)62-43(67)16-10-8-6-5-7-9-13-23-57-50(69)41-26-39(60-52(71)46-36-14-11-12-15-42(36)74-63-46)47-45(61-44(68)29-64(41)47)37-24-34(56)21-22-38(37)55/h11-12,14-15,17-22,24,26,30,35,40,45,49,66H,5-10,13,16,23,25,27-29H2,1-4H3,(H,57,69)(H,58,70)(H,60,71)(H,61,68)(H,62,67)/t35-,40+,45+,49-/m1/s1. The summed E-state index contributed by atoms with van der Waals surface area (Å²) in [5.74, 6) is -2.98. The van der Waals surface area contributed by atoms with E-state index in [2.05, 4.69) is 35.9 Å². The number of β-amino-alcohol motifs (C(OH)–C–C–N with tert-alkyl or cyclic N) is 1. The van der Waals surface area contributed by atoms with Crippen molar-refractivity contribution in [2.45, 2.75) is 123 Å². The van der Waals surface area contributed by atoms with E-state index in [9.17, 15) is 38.3 Å². The minimum absolute atomic E-state index is 0.00579. The highest BCUT2D eigenvalue weighted by molar-refractivity contribution is 7.13. The molecular weight excluding hydrogens is 1010 g/mol. The third-order valence-corrected chi connectivity index (χ3v) is 15.6. The van der Waals surface area contributed by atoms with E-state index in [1.54, 1.807) is 17.4 Å². The van der Waals surface area contributed by atoms with Gasteiger partial charge in [0.2, 0.25) is 23.6 Å². The van der Waals surface area contributed by atoms with Gasteiger partial charge in [-0.1, -0.05) is 107 Å². The van der Waals surface area contributed by atoms with E-state index in [0.29, 0.717) is 30.5 Å². The zero-order chi connectivity index (χ0) is 52.7. The van der Waals surface area contributed by atoms with Gasteiger partial charge in [-0.3, -0.25) is 28.8 Å². The van der Waals surface area contributed by atoms with Gasteiger partial charge in [-0.15, -0.1) is 11.3 Å². The number of carbonyl (C=O) groups excluding carboxylic acids is 6. The number of carbonyl (C=O) groups is 6. The van der Waals surface area contributed by atoms with Gasteiger partial charge in [-0.25, -0.2) is 9.37 Å². The Morgan fingerprint density at radius 3 is 2.39 bits per heavy atom. The Labute approximate surface area is 442 Å². The number of anilines is 1. The molecule has 16 nitrogen and oxygen atoms in total. The Kier molecular flexibility index (Phi) is 17.3. The molecule has 390 valence electrons. The molecule has 6 amide bonds. The lowest BCUT2D eigenvalue weighted by Gasteiger charge is -2.35. The fraction of sp³-hybridized carbons (Fsp3) is 0.407. The highest BCUT2D eigenvalue weighted by Crippen LogP contribution is 2.38. The fourth-order valence-corrected chi connectivity index (χ4v) is 11.4. The van der Waals surface area contributed by atoms with Crippen LogP contribution in [0.1, 0.15) is 128 Å². The van der Waals surface area contributed by atoms with Gasteiger partial charge in [0.05, 0.1) is 44.3 Å². The van der Waals surface area contributed by atoms with Crippen LogP contribution < -0.4 is 26.6 Å². The van der Waals surface area contributed by atoms with Gasteiger partial charge in [0, 0.05) is 48.4 Å². The first-order valence-electron chi connectivity index (χ1n) is 24.9. The van der Waals surface area contributed by atoms with Gasteiger partial charge in [0.1, 0.15) is 35.8 Å². The van der Waals surface area contributed by atoms with Gasteiger partial charge in [0.15, 0.2) is 0 Å². The molecule has 5 heterocycles. The number of aliphatic hydroxyl groups is 1. The highest BCUT2D eigenvalue weighted by atomic mass is 35.5. The number of hydrogen-bond donors (Lipinski definition) is 6. The van der Waals surface area contributed by atoms with Gasteiger partial charge < -0.3 is 41.2 Å². The number of halogens is 2. The summed E-state index contributed by atoms with van der Waals surface area (Å²) in [5.41, 5.74) is 5.26. The van der Waals surface area contributed by atoms with E-state index in [0.717, 1.165) is 58.5 Å². The molecule has 0 saturated carbocycles. The van der Waals surface area contributed by atoms with Crippen LogP contribution >= 0.6 is 34.5 Å². The van der Waals surface area contributed by atoms with Gasteiger partial charge in [-0.05, 0) is 78.2 Å². The predicted octanol–water partition coefficient (Wildman–Crippen LogP) is 8.45. The van der Waals surface area contributed by atoms with Crippen LogP contribution in [0.2, 0.25) is 5.02 Å². The van der Waals surface area contributed by atoms with E-state index in [4.69, 9.17) is 11.6 Å². The molecule has 0 spiro atoms. The fourth-order valence-electron chi connectivity index (χ4n) is 9.54. The Morgan fingerprint density at radius 1 is 0.932 bits per heavy atom. The molecule has 1 saturated heterocycles. The number of aryl methyl sites for hydroxylation is 1. The molecule has 0 radical (unpaired) electrons. The van der Waals surface area contributed by atoms with Crippen molar-refractivity contribution in [3.8, 4) is 10.4 Å². The first kappa shape index (κ1) is 53.7. The first-order valence-corrected chi connectivity index (χ1v) is 27.0. The lowest BCUT2D eigenvalue weighted by Crippen LogP contribution is -2.57.